The lowest BCUT2D eigenvalue weighted by atomic mass is 9.98. The van der Waals surface area contributed by atoms with Crippen LogP contribution in [0.2, 0.25) is 0 Å². The minimum Gasteiger partial charge on any atom is -0.465 e. The number of fused-ring (bicyclic) bond motifs is 3. The number of hydrogen-bond acceptors (Lipinski definition) is 7. The van der Waals surface area contributed by atoms with Crippen LogP contribution in [0.3, 0.4) is 0 Å². The molecule has 0 spiro atoms. The monoisotopic (exact) mass is 854 g/mol. The molecule has 0 bridgehead atoms. The lowest BCUT2D eigenvalue weighted by Gasteiger charge is -2.33. The first-order valence-electron chi connectivity index (χ1n) is 22.6. The van der Waals surface area contributed by atoms with Crippen LogP contribution < -0.4 is 10.6 Å². The standard InChI is InChI=1S/C49H58N8O6/c1-26(2)42(54-48(60)61)46(58)56-38-10-6-8-34(38)23-41(56)45-51-25-37(53-45)33-19-18-31-20-30(16-17-32(31)21-33)28-12-14-29(15-13-28)36-24-50-44(52-36)40-22-35-9-7-11-39(35)57(40)47(59)43(27(3)4)55-49(62)63-5/h12-21,24-27,34-35,38-43,54H,6-11,22-23H2,1-5H3,(H,50,52)(H,51,53)(H,55,62)(H,60,61)/t34-,35-,38-,39-,40-,41-,42-,43-/m0/s1. The third-order valence-electron chi connectivity index (χ3n) is 14.3. The lowest BCUT2D eigenvalue weighted by Crippen LogP contribution is -2.53. The molecule has 2 saturated carbocycles. The van der Waals surface area contributed by atoms with Gasteiger partial charge < -0.3 is 40.2 Å². The predicted molar refractivity (Wildman–Crippen MR) is 239 cm³/mol. The molecule has 5 aromatic rings. The van der Waals surface area contributed by atoms with E-state index in [9.17, 15) is 24.3 Å². The molecule has 9 rings (SSSR count). The molecule has 0 radical (unpaired) electrons. The van der Waals surface area contributed by atoms with Crippen molar-refractivity contribution >= 4 is 34.8 Å². The van der Waals surface area contributed by atoms with Gasteiger partial charge in [0, 0.05) is 35.6 Å². The minimum absolute atomic E-state index is 0.0870. The van der Waals surface area contributed by atoms with E-state index in [1.165, 1.54) is 7.11 Å². The van der Waals surface area contributed by atoms with E-state index in [0.717, 1.165) is 107 Å². The summed E-state index contributed by atoms with van der Waals surface area (Å²) < 4.78 is 4.85. The third-order valence-corrected chi connectivity index (χ3v) is 14.3. The Morgan fingerprint density at radius 3 is 1.62 bits per heavy atom. The van der Waals surface area contributed by atoms with Gasteiger partial charge in [-0.05, 0) is 96.2 Å². The average Bonchev–Trinajstić information content (AvgIpc) is 4.13. The topological polar surface area (TPSA) is 186 Å². The number of carbonyl (C=O) groups excluding carboxylic acids is 3. The summed E-state index contributed by atoms with van der Waals surface area (Å²) >= 11 is 0. The van der Waals surface area contributed by atoms with E-state index in [1.54, 1.807) is 0 Å². The molecule has 4 amide bonds. The largest absolute Gasteiger partial charge is 0.465 e. The highest BCUT2D eigenvalue weighted by atomic mass is 16.5. The second-order valence-electron chi connectivity index (χ2n) is 18.7. The number of aromatic amines is 2. The lowest BCUT2D eigenvalue weighted by molar-refractivity contribution is -0.138. The van der Waals surface area contributed by atoms with Crippen LogP contribution in [-0.2, 0) is 14.3 Å². The van der Waals surface area contributed by atoms with Gasteiger partial charge in [0.15, 0.2) is 0 Å². The summed E-state index contributed by atoms with van der Waals surface area (Å²) in [5.74, 6) is 1.73. The number of likely N-dealkylation sites (tertiary alicyclic amines) is 2. The Balaban J connectivity index is 0.901. The maximum absolute atomic E-state index is 14.1. The Morgan fingerprint density at radius 2 is 1.11 bits per heavy atom. The summed E-state index contributed by atoms with van der Waals surface area (Å²) in [6.45, 7) is 7.61. The summed E-state index contributed by atoms with van der Waals surface area (Å²) in [6.07, 6.45) is 9.84. The molecule has 5 N–H and O–H groups in total. The maximum atomic E-state index is 14.1. The molecule has 3 aromatic carbocycles. The number of benzene rings is 3. The Labute approximate surface area is 367 Å². The minimum atomic E-state index is -1.19. The van der Waals surface area contributed by atoms with Gasteiger partial charge in [-0.2, -0.15) is 0 Å². The third kappa shape index (κ3) is 8.04. The molecule has 2 aromatic heterocycles. The molecule has 63 heavy (non-hydrogen) atoms. The summed E-state index contributed by atoms with van der Waals surface area (Å²) in [4.78, 5) is 72.7. The van der Waals surface area contributed by atoms with Crippen LogP contribution in [0.25, 0.3) is 44.4 Å². The van der Waals surface area contributed by atoms with Crippen molar-refractivity contribution in [3.8, 4) is 33.6 Å². The van der Waals surface area contributed by atoms with E-state index in [0.29, 0.717) is 11.8 Å². The molecule has 2 aliphatic heterocycles. The normalized spacial score (nSPS) is 23.9. The Kier molecular flexibility index (Phi) is 11.5. The Bertz CT molecular complexity index is 2510. The van der Waals surface area contributed by atoms with Gasteiger partial charge in [-0.25, -0.2) is 19.6 Å². The van der Waals surface area contributed by atoms with E-state index < -0.39 is 24.3 Å². The van der Waals surface area contributed by atoms with Crippen molar-refractivity contribution < 1.29 is 29.0 Å². The zero-order chi connectivity index (χ0) is 44.1. The summed E-state index contributed by atoms with van der Waals surface area (Å²) in [5.41, 5.74) is 5.72. The number of carbonyl (C=O) groups is 4. The van der Waals surface area contributed by atoms with E-state index in [4.69, 9.17) is 14.7 Å². The zero-order valence-corrected chi connectivity index (χ0v) is 36.6. The molecule has 0 unspecified atom stereocenters. The van der Waals surface area contributed by atoms with Crippen LogP contribution in [-0.4, -0.2) is 90.1 Å². The first-order chi connectivity index (χ1) is 30.4. The molecule has 14 heteroatoms. The van der Waals surface area contributed by atoms with Crippen molar-refractivity contribution in [3.05, 3.63) is 84.7 Å². The van der Waals surface area contributed by atoms with Crippen molar-refractivity contribution in [2.75, 3.05) is 7.11 Å². The highest BCUT2D eigenvalue weighted by molar-refractivity contribution is 5.91. The van der Waals surface area contributed by atoms with Gasteiger partial charge >= 0.3 is 12.2 Å². The highest BCUT2D eigenvalue weighted by Crippen LogP contribution is 2.49. The number of nitrogens with one attached hydrogen (secondary N) is 4. The number of ether oxygens (including phenoxy) is 1. The Morgan fingerprint density at radius 1 is 0.651 bits per heavy atom. The maximum Gasteiger partial charge on any atom is 0.407 e. The van der Waals surface area contributed by atoms with E-state index in [2.05, 4.69) is 81.3 Å². The smallest absolute Gasteiger partial charge is 0.407 e. The molecular weight excluding hydrogens is 797 g/mol. The highest BCUT2D eigenvalue weighted by Gasteiger charge is 2.51. The number of nitrogens with zero attached hydrogens (tertiary/aromatic N) is 4. The SMILES string of the molecule is COC(=O)N[C@H](C(=O)N1[C@H](c2nc(-c3ccc(-c4ccc5cc(-c6c[nH]c([C@@H]7C[C@@H]8CCC[C@@H]8N7C(=O)[C@@H](NC(=O)O)C(C)C)n6)ccc5c4)cc3)c[nH]2)C[C@@H]2CCC[C@@H]21)C(C)C. The van der Waals surface area contributed by atoms with Crippen molar-refractivity contribution in [1.29, 1.82) is 0 Å². The van der Waals surface area contributed by atoms with Crippen molar-refractivity contribution in [2.24, 2.45) is 23.7 Å². The number of aromatic nitrogens is 4. The molecular formula is C49H58N8O6. The summed E-state index contributed by atoms with van der Waals surface area (Å²) in [6, 6.07) is 19.4. The molecule has 4 fully saturated rings. The average molecular weight is 855 g/mol. The molecule has 2 aliphatic carbocycles. The fourth-order valence-electron chi connectivity index (χ4n) is 11.1. The number of methoxy groups -OCH3 is 1. The molecule has 14 nitrogen and oxygen atoms in total. The molecule has 330 valence electrons. The fourth-order valence-corrected chi connectivity index (χ4v) is 11.1. The molecule has 4 heterocycles. The number of amides is 4. The summed E-state index contributed by atoms with van der Waals surface area (Å²) in [7, 11) is 1.31. The Hall–Kier alpha value is -6.18. The zero-order valence-electron chi connectivity index (χ0n) is 36.6. The van der Waals surface area contributed by atoms with E-state index >= 15 is 0 Å². The second-order valence-corrected chi connectivity index (χ2v) is 18.7. The number of imidazole rings is 2. The van der Waals surface area contributed by atoms with Gasteiger partial charge in [0.25, 0.3) is 0 Å². The van der Waals surface area contributed by atoms with Gasteiger partial charge in [-0.3, -0.25) is 9.59 Å². The van der Waals surface area contributed by atoms with E-state index in [-0.39, 0.29) is 47.8 Å². The van der Waals surface area contributed by atoms with Crippen LogP contribution in [0.1, 0.15) is 103 Å². The van der Waals surface area contributed by atoms with Crippen molar-refractivity contribution in [1.82, 2.24) is 40.4 Å². The van der Waals surface area contributed by atoms with Gasteiger partial charge in [-0.1, -0.05) is 89.1 Å². The van der Waals surface area contributed by atoms with Crippen molar-refractivity contribution in [3.63, 3.8) is 0 Å². The second kappa shape index (κ2) is 17.2. The van der Waals surface area contributed by atoms with Crippen LogP contribution in [0.15, 0.2) is 73.1 Å². The number of H-pyrrole nitrogens is 2. The number of alkyl carbamates (subject to hydrolysis) is 1. The first-order valence-corrected chi connectivity index (χ1v) is 22.6. The van der Waals surface area contributed by atoms with Crippen LogP contribution in [0.4, 0.5) is 9.59 Å². The fraction of sp³-hybridized carbons (Fsp3) is 0.469. The number of carboxylic acid groups (broad SMARTS) is 1. The molecule has 2 saturated heterocycles. The molecule has 8 atom stereocenters. The number of rotatable bonds is 11. The first kappa shape index (κ1) is 42.1. The number of hydrogen-bond donors (Lipinski definition) is 5. The van der Waals surface area contributed by atoms with Gasteiger partial charge in [0.2, 0.25) is 11.8 Å². The van der Waals surface area contributed by atoms with Gasteiger partial charge in [0.1, 0.15) is 23.7 Å². The quantitative estimate of drug-likeness (QED) is 0.0872. The van der Waals surface area contributed by atoms with E-state index in [1.807, 2.05) is 49.9 Å². The van der Waals surface area contributed by atoms with Gasteiger partial charge in [-0.15, -0.1) is 0 Å². The van der Waals surface area contributed by atoms with Crippen LogP contribution in [0.5, 0.6) is 0 Å². The van der Waals surface area contributed by atoms with Crippen molar-refractivity contribution in [2.45, 2.75) is 115 Å². The van der Waals surface area contributed by atoms with Crippen LogP contribution >= 0.6 is 0 Å². The van der Waals surface area contributed by atoms with Crippen LogP contribution in [0, 0.1) is 23.7 Å². The van der Waals surface area contributed by atoms with Gasteiger partial charge in [0.05, 0.1) is 30.6 Å². The molecule has 4 aliphatic rings. The summed E-state index contributed by atoms with van der Waals surface area (Å²) in [5, 5.41) is 16.9. The predicted octanol–water partition coefficient (Wildman–Crippen LogP) is 8.84.